The largest absolute Gasteiger partial charge is 0.353 e. The van der Waals surface area contributed by atoms with E-state index in [1.807, 2.05) is 11.8 Å². The SMILES string of the molecule is CCCC(C)NC(=O)C1CCCN(CC(=O)Nc2ccc([N+](=O)[O-])cc2Br)C1. The molecule has 0 spiro atoms. The number of nitro groups is 1. The first-order chi connectivity index (χ1) is 13.3. The fourth-order valence-electron chi connectivity index (χ4n) is 3.39. The molecule has 1 fully saturated rings. The molecule has 1 aliphatic rings. The van der Waals surface area contributed by atoms with Crippen LogP contribution >= 0.6 is 15.9 Å². The average Bonchev–Trinajstić information content (AvgIpc) is 2.63. The summed E-state index contributed by atoms with van der Waals surface area (Å²) in [5.41, 5.74) is 0.433. The van der Waals surface area contributed by atoms with Crippen LogP contribution in [0.2, 0.25) is 0 Å². The second-order valence-corrected chi connectivity index (χ2v) is 8.10. The number of halogens is 1. The minimum atomic E-state index is -0.489. The molecule has 1 aromatic rings. The molecular weight excluding hydrogens is 428 g/mol. The molecule has 2 N–H and O–H groups in total. The molecule has 1 aromatic carbocycles. The van der Waals surface area contributed by atoms with Crippen molar-refractivity contribution in [3.63, 3.8) is 0 Å². The highest BCUT2D eigenvalue weighted by molar-refractivity contribution is 9.10. The molecule has 2 amide bonds. The lowest BCUT2D eigenvalue weighted by atomic mass is 9.96. The van der Waals surface area contributed by atoms with Gasteiger partial charge in [0.05, 0.1) is 23.1 Å². The van der Waals surface area contributed by atoms with Crippen molar-refractivity contribution >= 4 is 39.1 Å². The molecule has 2 rings (SSSR count). The Morgan fingerprint density at radius 1 is 1.43 bits per heavy atom. The van der Waals surface area contributed by atoms with Crippen LogP contribution in [0.3, 0.4) is 0 Å². The fraction of sp³-hybridized carbons (Fsp3) is 0.579. The van der Waals surface area contributed by atoms with E-state index in [1.54, 1.807) is 0 Å². The van der Waals surface area contributed by atoms with Crippen molar-refractivity contribution in [3.8, 4) is 0 Å². The molecule has 0 aromatic heterocycles. The maximum Gasteiger partial charge on any atom is 0.270 e. The van der Waals surface area contributed by atoms with Crippen molar-refractivity contribution in [2.75, 3.05) is 25.0 Å². The fourth-order valence-corrected chi connectivity index (χ4v) is 3.86. The predicted octanol–water partition coefficient (Wildman–Crippen LogP) is 3.31. The summed E-state index contributed by atoms with van der Waals surface area (Å²) in [5, 5.41) is 16.6. The van der Waals surface area contributed by atoms with Gasteiger partial charge in [-0.25, -0.2) is 0 Å². The van der Waals surface area contributed by atoms with E-state index in [0.29, 0.717) is 16.7 Å². The first-order valence-corrected chi connectivity index (χ1v) is 10.4. The minimum absolute atomic E-state index is 0.0490. The molecule has 9 heteroatoms. The van der Waals surface area contributed by atoms with Crippen molar-refractivity contribution in [2.24, 2.45) is 5.92 Å². The van der Waals surface area contributed by atoms with Gasteiger partial charge in [0.25, 0.3) is 5.69 Å². The van der Waals surface area contributed by atoms with Gasteiger partial charge in [0.15, 0.2) is 0 Å². The van der Waals surface area contributed by atoms with Gasteiger partial charge in [-0.05, 0) is 54.7 Å². The number of anilines is 1. The molecule has 1 heterocycles. The molecule has 0 aliphatic carbocycles. The smallest absolute Gasteiger partial charge is 0.270 e. The molecule has 0 saturated carbocycles. The Hall–Kier alpha value is -2.00. The lowest BCUT2D eigenvalue weighted by Gasteiger charge is -2.32. The molecule has 0 bridgehead atoms. The van der Waals surface area contributed by atoms with Crippen LogP contribution in [0.1, 0.15) is 39.5 Å². The Morgan fingerprint density at radius 3 is 2.82 bits per heavy atom. The number of hydrogen-bond donors (Lipinski definition) is 2. The van der Waals surface area contributed by atoms with Crippen LogP contribution in [-0.2, 0) is 9.59 Å². The van der Waals surface area contributed by atoms with Crippen molar-refractivity contribution in [1.82, 2.24) is 10.2 Å². The van der Waals surface area contributed by atoms with E-state index >= 15 is 0 Å². The van der Waals surface area contributed by atoms with E-state index in [2.05, 4.69) is 33.5 Å². The first-order valence-electron chi connectivity index (χ1n) is 9.56. The number of piperidine rings is 1. The lowest BCUT2D eigenvalue weighted by molar-refractivity contribution is -0.384. The normalized spacial score (nSPS) is 18.3. The summed E-state index contributed by atoms with van der Waals surface area (Å²) in [6, 6.07) is 4.37. The van der Waals surface area contributed by atoms with Crippen LogP contribution < -0.4 is 10.6 Å². The highest BCUT2D eigenvalue weighted by Gasteiger charge is 2.27. The number of rotatable bonds is 8. The Morgan fingerprint density at radius 2 is 2.18 bits per heavy atom. The highest BCUT2D eigenvalue weighted by atomic mass is 79.9. The van der Waals surface area contributed by atoms with Crippen LogP contribution in [0.5, 0.6) is 0 Å². The number of nitro benzene ring substituents is 1. The summed E-state index contributed by atoms with van der Waals surface area (Å²) in [5.74, 6) is -0.258. The Bertz CT molecular complexity index is 728. The first kappa shape index (κ1) is 22.3. The maximum absolute atomic E-state index is 12.4. The molecule has 28 heavy (non-hydrogen) atoms. The second-order valence-electron chi connectivity index (χ2n) is 7.24. The quantitative estimate of drug-likeness (QED) is 0.462. The van der Waals surface area contributed by atoms with Crippen molar-refractivity contribution in [3.05, 3.63) is 32.8 Å². The van der Waals surface area contributed by atoms with Gasteiger partial charge in [-0.2, -0.15) is 0 Å². The Kier molecular flexibility index (Phi) is 8.37. The van der Waals surface area contributed by atoms with E-state index in [9.17, 15) is 19.7 Å². The van der Waals surface area contributed by atoms with Crippen LogP contribution in [0.25, 0.3) is 0 Å². The van der Waals surface area contributed by atoms with E-state index < -0.39 is 4.92 Å². The highest BCUT2D eigenvalue weighted by Crippen LogP contribution is 2.27. The maximum atomic E-state index is 12.4. The summed E-state index contributed by atoms with van der Waals surface area (Å²) in [7, 11) is 0. The number of likely N-dealkylation sites (tertiary alicyclic amines) is 1. The standard InChI is InChI=1S/C19H27BrN4O4/c1-3-5-13(2)21-19(26)14-6-4-9-23(11-14)12-18(25)22-17-8-7-15(24(27)28)10-16(17)20/h7-8,10,13-14H,3-6,9,11-12H2,1-2H3,(H,21,26)(H,22,25). The third kappa shape index (κ3) is 6.56. The van der Waals surface area contributed by atoms with Gasteiger partial charge in [-0.15, -0.1) is 0 Å². The van der Waals surface area contributed by atoms with E-state index in [0.717, 1.165) is 32.2 Å². The molecule has 1 saturated heterocycles. The number of carbonyl (C=O) groups is 2. The topological polar surface area (TPSA) is 105 Å². The van der Waals surface area contributed by atoms with Gasteiger partial charge in [0.2, 0.25) is 11.8 Å². The third-order valence-electron chi connectivity index (χ3n) is 4.79. The number of carbonyl (C=O) groups excluding carboxylic acids is 2. The number of hydrogen-bond acceptors (Lipinski definition) is 5. The Labute approximate surface area is 173 Å². The van der Waals surface area contributed by atoms with Gasteiger partial charge in [0.1, 0.15) is 0 Å². The lowest BCUT2D eigenvalue weighted by Crippen LogP contribution is -2.47. The van der Waals surface area contributed by atoms with Gasteiger partial charge < -0.3 is 10.6 Å². The number of nitrogens with one attached hydrogen (secondary N) is 2. The Balaban J connectivity index is 1.88. The van der Waals surface area contributed by atoms with Crippen LogP contribution in [0.15, 0.2) is 22.7 Å². The van der Waals surface area contributed by atoms with Crippen molar-refractivity contribution < 1.29 is 14.5 Å². The summed E-state index contributed by atoms with van der Waals surface area (Å²) in [4.78, 5) is 37.1. The summed E-state index contributed by atoms with van der Waals surface area (Å²) >= 11 is 3.25. The van der Waals surface area contributed by atoms with Gasteiger partial charge in [-0.1, -0.05) is 13.3 Å². The zero-order valence-corrected chi connectivity index (χ0v) is 17.8. The number of nitrogens with zero attached hydrogens (tertiary/aromatic N) is 2. The minimum Gasteiger partial charge on any atom is -0.353 e. The summed E-state index contributed by atoms with van der Waals surface area (Å²) in [6.45, 7) is 5.60. The zero-order chi connectivity index (χ0) is 20.7. The number of non-ortho nitro benzene ring substituents is 1. The van der Waals surface area contributed by atoms with Crippen LogP contribution in [0.4, 0.5) is 11.4 Å². The van der Waals surface area contributed by atoms with Crippen molar-refractivity contribution in [2.45, 2.75) is 45.6 Å². The predicted molar refractivity (Wildman–Crippen MR) is 111 cm³/mol. The molecule has 0 radical (unpaired) electrons. The average molecular weight is 455 g/mol. The van der Waals surface area contributed by atoms with E-state index in [1.165, 1.54) is 18.2 Å². The molecule has 2 unspecified atom stereocenters. The van der Waals surface area contributed by atoms with Crippen LogP contribution in [0, 0.1) is 16.0 Å². The molecule has 1 aliphatic heterocycles. The van der Waals surface area contributed by atoms with Crippen LogP contribution in [-0.4, -0.2) is 47.3 Å². The van der Waals surface area contributed by atoms with Crippen molar-refractivity contribution in [1.29, 1.82) is 0 Å². The summed E-state index contributed by atoms with van der Waals surface area (Å²) in [6.07, 6.45) is 3.68. The zero-order valence-electron chi connectivity index (χ0n) is 16.2. The number of benzene rings is 1. The van der Waals surface area contributed by atoms with Gasteiger partial charge >= 0.3 is 0 Å². The van der Waals surface area contributed by atoms with Gasteiger partial charge in [0, 0.05) is 29.2 Å². The summed E-state index contributed by atoms with van der Waals surface area (Å²) < 4.78 is 0.455. The van der Waals surface area contributed by atoms with Gasteiger partial charge in [-0.3, -0.25) is 24.6 Å². The molecule has 154 valence electrons. The number of amides is 2. The molecule has 8 nitrogen and oxygen atoms in total. The van der Waals surface area contributed by atoms with E-state index in [-0.39, 0.29) is 36.0 Å². The third-order valence-corrected chi connectivity index (χ3v) is 5.45. The molecular formula is C19H27BrN4O4. The van der Waals surface area contributed by atoms with E-state index in [4.69, 9.17) is 0 Å². The monoisotopic (exact) mass is 454 g/mol. The molecule has 2 atom stereocenters. The second kappa shape index (κ2) is 10.5.